The highest BCUT2D eigenvalue weighted by Crippen LogP contribution is 2.10. The van der Waals surface area contributed by atoms with Crippen molar-refractivity contribution in [1.29, 1.82) is 0 Å². The van der Waals surface area contributed by atoms with Gasteiger partial charge < -0.3 is 15.1 Å². The summed E-state index contributed by atoms with van der Waals surface area (Å²) in [6.07, 6.45) is 0.689. The molecule has 0 aliphatic carbocycles. The third-order valence-corrected chi connectivity index (χ3v) is 1.84. The van der Waals surface area contributed by atoms with Crippen LogP contribution in [0.15, 0.2) is 0 Å². The zero-order valence-corrected chi connectivity index (χ0v) is 8.36. The second-order valence-electron chi connectivity index (χ2n) is 3.34. The molecule has 0 saturated carbocycles. The van der Waals surface area contributed by atoms with Crippen molar-refractivity contribution in [2.45, 2.75) is 20.3 Å². The highest BCUT2D eigenvalue weighted by molar-refractivity contribution is 7.71. The van der Waals surface area contributed by atoms with Gasteiger partial charge in [0.1, 0.15) is 5.69 Å². The molecular formula is C8H12N2O2S. The Morgan fingerprint density at radius 1 is 1.54 bits per heavy atom. The van der Waals surface area contributed by atoms with Gasteiger partial charge in [-0.1, -0.05) is 13.8 Å². The Labute approximate surface area is 81.0 Å². The topological polar surface area (TPSA) is 68.9 Å². The number of rotatable bonds is 3. The molecule has 0 radical (unpaired) electrons. The predicted molar refractivity (Wildman–Crippen MR) is 51.5 cm³/mol. The maximum atomic E-state index is 10.7. The smallest absolute Gasteiger partial charge is 0.354 e. The lowest BCUT2D eigenvalue weighted by Crippen LogP contribution is -2.04. The molecule has 72 valence electrons. The van der Waals surface area contributed by atoms with Gasteiger partial charge in [0.15, 0.2) is 4.77 Å². The van der Waals surface area contributed by atoms with Crippen LogP contribution in [-0.2, 0) is 6.42 Å². The van der Waals surface area contributed by atoms with Crippen molar-refractivity contribution in [3.8, 4) is 0 Å². The first-order chi connectivity index (χ1) is 6.00. The summed E-state index contributed by atoms with van der Waals surface area (Å²) in [4.78, 5) is 16.2. The fraction of sp³-hybridized carbons (Fsp3) is 0.500. The van der Waals surface area contributed by atoms with Crippen molar-refractivity contribution < 1.29 is 9.90 Å². The first kappa shape index (κ1) is 9.98. The molecule has 1 heterocycles. The van der Waals surface area contributed by atoms with Crippen LogP contribution >= 0.6 is 12.2 Å². The molecule has 1 aromatic rings. The third-order valence-electron chi connectivity index (χ3n) is 1.63. The first-order valence-corrected chi connectivity index (χ1v) is 4.46. The highest BCUT2D eigenvalue weighted by Gasteiger charge is 2.13. The quantitative estimate of drug-likeness (QED) is 0.653. The van der Waals surface area contributed by atoms with E-state index in [2.05, 4.69) is 9.97 Å². The Bertz CT molecular complexity index is 364. The van der Waals surface area contributed by atoms with E-state index in [1.807, 2.05) is 13.8 Å². The molecule has 0 aromatic carbocycles. The zero-order chi connectivity index (χ0) is 10.0. The molecule has 0 aliphatic rings. The Morgan fingerprint density at radius 2 is 2.15 bits per heavy atom. The van der Waals surface area contributed by atoms with Gasteiger partial charge in [0, 0.05) is 5.69 Å². The summed E-state index contributed by atoms with van der Waals surface area (Å²) in [5.74, 6) is -0.567. The molecule has 13 heavy (non-hydrogen) atoms. The third kappa shape index (κ3) is 2.42. The summed E-state index contributed by atoms with van der Waals surface area (Å²) < 4.78 is 0.369. The van der Waals surface area contributed by atoms with Crippen LogP contribution in [0.1, 0.15) is 30.0 Å². The predicted octanol–water partition coefficient (Wildman–Crippen LogP) is 1.97. The van der Waals surface area contributed by atoms with Crippen LogP contribution in [0.2, 0.25) is 0 Å². The van der Waals surface area contributed by atoms with Crippen LogP contribution in [0.5, 0.6) is 0 Å². The number of aromatic nitrogens is 2. The Kier molecular flexibility index (Phi) is 2.87. The van der Waals surface area contributed by atoms with Crippen molar-refractivity contribution in [1.82, 2.24) is 9.97 Å². The molecule has 0 spiro atoms. The zero-order valence-electron chi connectivity index (χ0n) is 7.55. The number of aromatic amines is 2. The second-order valence-corrected chi connectivity index (χ2v) is 3.74. The lowest BCUT2D eigenvalue weighted by Gasteiger charge is -2.02. The van der Waals surface area contributed by atoms with Crippen LogP contribution < -0.4 is 0 Å². The van der Waals surface area contributed by atoms with E-state index in [0.29, 0.717) is 22.8 Å². The maximum absolute atomic E-state index is 10.7. The minimum Gasteiger partial charge on any atom is -0.477 e. The molecule has 0 fully saturated rings. The summed E-state index contributed by atoms with van der Waals surface area (Å²) in [5, 5.41) is 8.79. The van der Waals surface area contributed by atoms with Crippen LogP contribution in [0.4, 0.5) is 0 Å². The van der Waals surface area contributed by atoms with E-state index in [4.69, 9.17) is 17.3 Å². The number of H-pyrrole nitrogens is 2. The van der Waals surface area contributed by atoms with Gasteiger partial charge in [0.25, 0.3) is 0 Å². The molecule has 0 amide bonds. The minimum atomic E-state index is -0.969. The number of carbonyl (C=O) groups is 1. The van der Waals surface area contributed by atoms with Gasteiger partial charge in [-0.05, 0) is 24.6 Å². The van der Waals surface area contributed by atoms with Gasteiger partial charge in [-0.15, -0.1) is 0 Å². The number of carboxylic acid groups (broad SMARTS) is 1. The molecule has 4 nitrogen and oxygen atoms in total. The molecule has 0 atom stereocenters. The first-order valence-electron chi connectivity index (χ1n) is 4.05. The van der Waals surface area contributed by atoms with Crippen molar-refractivity contribution in [2.75, 3.05) is 0 Å². The summed E-state index contributed by atoms with van der Waals surface area (Å²) in [6.45, 7) is 4.05. The summed E-state index contributed by atoms with van der Waals surface area (Å²) in [5.41, 5.74) is 0.853. The second kappa shape index (κ2) is 3.74. The highest BCUT2D eigenvalue weighted by atomic mass is 32.1. The van der Waals surface area contributed by atoms with Crippen LogP contribution in [-0.4, -0.2) is 21.0 Å². The Hall–Kier alpha value is -1.10. The van der Waals surface area contributed by atoms with E-state index < -0.39 is 5.97 Å². The van der Waals surface area contributed by atoms with Crippen molar-refractivity contribution in [2.24, 2.45) is 5.92 Å². The number of carboxylic acids is 1. The minimum absolute atomic E-state index is 0.179. The molecule has 0 bridgehead atoms. The average Bonchev–Trinajstić information content (AvgIpc) is 2.29. The molecule has 5 heteroatoms. The van der Waals surface area contributed by atoms with Gasteiger partial charge in [-0.3, -0.25) is 0 Å². The molecule has 0 saturated heterocycles. The molecule has 0 aliphatic heterocycles. The van der Waals surface area contributed by atoms with Crippen LogP contribution in [0.3, 0.4) is 0 Å². The van der Waals surface area contributed by atoms with Gasteiger partial charge in [-0.2, -0.15) is 0 Å². The maximum Gasteiger partial charge on any atom is 0.354 e. The van der Waals surface area contributed by atoms with Crippen LogP contribution in [0, 0.1) is 10.7 Å². The van der Waals surface area contributed by atoms with Crippen molar-refractivity contribution in [3.63, 3.8) is 0 Å². The normalized spacial score (nSPS) is 10.7. The standard InChI is InChI=1S/C8H12N2O2S/c1-4(2)3-5-6(7(11)12)10-8(13)9-5/h4H,3H2,1-2H3,(H,11,12)(H2,9,10,13). The van der Waals surface area contributed by atoms with E-state index in [1.54, 1.807) is 0 Å². The molecule has 1 rings (SSSR count). The van der Waals surface area contributed by atoms with Gasteiger partial charge in [0.05, 0.1) is 0 Å². The van der Waals surface area contributed by atoms with Gasteiger partial charge in [-0.25, -0.2) is 4.79 Å². The van der Waals surface area contributed by atoms with Gasteiger partial charge in [0.2, 0.25) is 0 Å². The summed E-state index contributed by atoms with van der Waals surface area (Å²) in [6, 6.07) is 0. The number of hydrogen-bond acceptors (Lipinski definition) is 2. The summed E-state index contributed by atoms with van der Waals surface area (Å²) in [7, 11) is 0. The largest absolute Gasteiger partial charge is 0.477 e. The van der Waals surface area contributed by atoms with Gasteiger partial charge >= 0.3 is 5.97 Å². The van der Waals surface area contributed by atoms with E-state index >= 15 is 0 Å². The molecule has 3 N–H and O–H groups in total. The molecule has 0 unspecified atom stereocenters. The lowest BCUT2D eigenvalue weighted by atomic mass is 10.1. The fourth-order valence-corrected chi connectivity index (χ4v) is 1.39. The molecular weight excluding hydrogens is 188 g/mol. The number of nitrogens with one attached hydrogen (secondary N) is 2. The number of imidazole rings is 1. The monoisotopic (exact) mass is 200 g/mol. The Morgan fingerprint density at radius 3 is 2.62 bits per heavy atom. The fourth-order valence-electron chi connectivity index (χ4n) is 1.16. The van der Waals surface area contributed by atoms with Crippen molar-refractivity contribution in [3.05, 3.63) is 16.2 Å². The SMILES string of the molecule is CC(C)Cc1[nH]c(=S)[nH]c1C(=O)O. The summed E-state index contributed by atoms with van der Waals surface area (Å²) >= 11 is 4.82. The lowest BCUT2D eigenvalue weighted by molar-refractivity contribution is 0.0689. The Balaban J connectivity index is 3.04. The number of hydrogen-bond donors (Lipinski definition) is 3. The van der Waals surface area contributed by atoms with E-state index in [1.165, 1.54) is 0 Å². The van der Waals surface area contributed by atoms with E-state index in [0.717, 1.165) is 0 Å². The number of aromatic carboxylic acids is 1. The molecule has 1 aromatic heterocycles. The van der Waals surface area contributed by atoms with Crippen LogP contribution in [0.25, 0.3) is 0 Å². The van der Waals surface area contributed by atoms with E-state index in [-0.39, 0.29) is 5.69 Å². The average molecular weight is 200 g/mol. The van der Waals surface area contributed by atoms with Crippen molar-refractivity contribution >= 4 is 18.2 Å². The van der Waals surface area contributed by atoms with E-state index in [9.17, 15) is 4.79 Å².